The number of carbonyl (C=O) groups excluding carboxylic acids is 1. The molecule has 3 aromatic rings. The predicted molar refractivity (Wildman–Crippen MR) is 104 cm³/mol. The van der Waals surface area contributed by atoms with E-state index in [2.05, 4.69) is 25.1 Å². The van der Waals surface area contributed by atoms with Crippen LogP contribution in [0.3, 0.4) is 0 Å². The molecular formula is C18H20N6O3S. The lowest BCUT2D eigenvalue weighted by Crippen LogP contribution is -2.29. The van der Waals surface area contributed by atoms with Gasteiger partial charge in [0.2, 0.25) is 10.0 Å². The van der Waals surface area contributed by atoms with Gasteiger partial charge < -0.3 is 5.32 Å². The number of hydrogen-bond donors (Lipinski definition) is 2. The number of aryl methyl sites for hydroxylation is 1. The Morgan fingerprint density at radius 3 is 2.68 bits per heavy atom. The number of sulfonamides is 1. The van der Waals surface area contributed by atoms with E-state index in [0.29, 0.717) is 23.7 Å². The Morgan fingerprint density at radius 2 is 1.96 bits per heavy atom. The van der Waals surface area contributed by atoms with Gasteiger partial charge in [-0.1, -0.05) is 12.1 Å². The fraction of sp³-hybridized carbons (Fsp3) is 0.222. The standard InChI is InChI=1S/C18H20N6O3S/c1-13-6-9-24(23-13)18-11-17(20-12-21-18)19-7-8-22-28(26,27)16-5-3-4-15(10-16)14(2)25/h3-6,9-12,22H,7-8H2,1-2H3,(H,19,20,21). The molecule has 1 aromatic carbocycles. The molecule has 28 heavy (non-hydrogen) atoms. The summed E-state index contributed by atoms with van der Waals surface area (Å²) in [4.78, 5) is 19.8. The molecule has 0 amide bonds. The molecule has 0 radical (unpaired) electrons. The highest BCUT2D eigenvalue weighted by atomic mass is 32.2. The highest BCUT2D eigenvalue weighted by Crippen LogP contribution is 2.12. The summed E-state index contributed by atoms with van der Waals surface area (Å²) in [6.45, 7) is 3.74. The van der Waals surface area contributed by atoms with Gasteiger partial charge in [0, 0.05) is 30.9 Å². The molecule has 146 valence electrons. The highest BCUT2D eigenvalue weighted by molar-refractivity contribution is 7.89. The van der Waals surface area contributed by atoms with E-state index >= 15 is 0 Å². The summed E-state index contributed by atoms with van der Waals surface area (Å²) in [7, 11) is -3.71. The molecule has 0 unspecified atom stereocenters. The van der Waals surface area contributed by atoms with Crippen molar-refractivity contribution >= 4 is 21.6 Å². The summed E-state index contributed by atoms with van der Waals surface area (Å²) >= 11 is 0. The van der Waals surface area contributed by atoms with Crippen LogP contribution in [0.15, 0.2) is 53.8 Å². The molecule has 0 aliphatic carbocycles. The maximum atomic E-state index is 12.4. The van der Waals surface area contributed by atoms with Gasteiger partial charge in [-0.05, 0) is 32.0 Å². The second-order valence-corrected chi connectivity index (χ2v) is 7.84. The SMILES string of the molecule is CC(=O)c1cccc(S(=O)(=O)NCCNc2cc(-n3ccc(C)n3)ncn2)c1. The molecule has 0 spiro atoms. The van der Waals surface area contributed by atoms with Crippen LogP contribution >= 0.6 is 0 Å². The topological polar surface area (TPSA) is 119 Å². The molecule has 0 saturated heterocycles. The molecule has 9 nitrogen and oxygen atoms in total. The van der Waals surface area contributed by atoms with Crippen molar-refractivity contribution in [1.82, 2.24) is 24.5 Å². The van der Waals surface area contributed by atoms with Crippen LogP contribution < -0.4 is 10.0 Å². The van der Waals surface area contributed by atoms with Crippen LogP contribution in [0, 0.1) is 6.92 Å². The number of benzene rings is 1. The van der Waals surface area contributed by atoms with Crippen molar-refractivity contribution in [2.24, 2.45) is 0 Å². The first-order valence-corrected chi connectivity index (χ1v) is 10.0. The third-order valence-corrected chi connectivity index (χ3v) is 5.34. The van der Waals surface area contributed by atoms with Gasteiger partial charge in [0.05, 0.1) is 10.6 Å². The number of hydrogen-bond acceptors (Lipinski definition) is 7. The summed E-state index contributed by atoms with van der Waals surface area (Å²) in [5.41, 5.74) is 1.22. The van der Waals surface area contributed by atoms with Crippen molar-refractivity contribution in [1.29, 1.82) is 0 Å². The molecule has 0 bridgehead atoms. The monoisotopic (exact) mass is 400 g/mol. The number of nitrogens with zero attached hydrogens (tertiary/aromatic N) is 4. The molecule has 2 N–H and O–H groups in total. The average Bonchev–Trinajstić information content (AvgIpc) is 3.12. The van der Waals surface area contributed by atoms with Crippen molar-refractivity contribution in [2.75, 3.05) is 18.4 Å². The lowest BCUT2D eigenvalue weighted by Gasteiger charge is -2.09. The van der Waals surface area contributed by atoms with E-state index in [-0.39, 0.29) is 17.2 Å². The number of ketones is 1. The number of Topliss-reactive ketones (excluding diaryl/α,β-unsaturated/α-hetero) is 1. The smallest absolute Gasteiger partial charge is 0.240 e. The van der Waals surface area contributed by atoms with E-state index in [4.69, 9.17) is 0 Å². The Hall–Kier alpha value is -3.11. The van der Waals surface area contributed by atoms with E-state index in [0.717, 1.165) is 5.69 Å². The molecule has 0 saturated carbocycles. The van der Waals surface area contributed by atoms with Gasteiger partial charge >= 0.3 is 0 Å². The Balaban J connectivity index is 1.58. The first kappa shape index (κ1) is 19.6. The van der Waals surface area contributed by atoms with Crippen molar-refractivity contribution in [2.45, 2.75) is 18.7 Å². The summed E-state index contributed by atoms with van der Waals surface area (Å²) < 4.78 is 28.9. The number of nitrogens with one attached hydrogen (secondary N) is 2. The molecule has 0 aliphatic heterocycles. The van der Waals surface area contributed by atoms with E-state index in [1.807, 2.05) is 13.0 Å². The Kier molecular flexibility index (Phi) is 5.81. The summed E-state index contributed by atoms with van der Waals surface area (Å²) in [5.74, 6) is 0.966. The van der Waals surface area contributed by atoms with Gasteiger partial charge in [-0.15, -0.1) is 0 Å². The van der Waals surface area contributed by atoms with Crippen LogP contribution in [0.4, 0.5) is 5.82 Å². The van der Waals surface area contributed by atoms with Crippen molar-refractivity contribution in [3.8, 4) is 5.82 Å². The first-order valence-electron chi connectivity index (χ1n) is 8.54. The lowest BCUT2D eigenvalue weighted by molar-refractivity contribution is 0.101. The molecular weight excluding hydrogens is 380 g/mol. The van der Waals surface area contributed by atoms with Crippen LogP contribution in [0.2, 0.25) is 0 Å². The highest BCUT2D eigenvalue weighted by Gasteiger charge is 2.14. The van der Waals surface area contributed by atoms with Gasteiger partial charge in [0.25, 0.3) is 0 Å². The van der Waals surface area contributed by atoms with Crippen LogP contribution in [-0.2, 0) is 10.0 Å². The molecule has 0 fully saturated rings. The lowest BCUT2D eigenvalue weighted by atomic mass is 10.2. The second kappa shape index (κ2) is 8.28. The Morgan fingerprint density at radius 1 is 1.14 bits per heavy atom. The fourth-order valence-electron chi connectivity index (χ4n) is 2.45. The first-order chi connectivity index (χ1) is 13.3. The van der Waals surface area contributed by atoms with Crippen molar-refractivity contribution in [3.63, 3.8) is 0 Å². The van der Waals surface area contributed by atoms with E-state index < -0.39 is 10.0 Å². The zero-order valence-corrected chi connectivity index (χ0v) is 16.3. The molecule has 2 heterocycles. The van der Waals surface area contributed by atoms with Gasteiger partial charge in [-0.25, -0.2) is 27.8 Å². The van der Waals surface area contributed by atoms with Gasteiger partial charge in [0.1, 0.15) is 12.1 Å². The van der Waals surface area contributed by atoms with Crippen LogP contribution in [0.5, 0.6) is 0 Å². The number of aromatic nitrogens is 4. The fourth-order valence-corrected chi connectivity index (χ4v) is 3.53. The maximum absolute atomic E-state index is 12.4. The summed E-state index contributed by atoms with van der Waals surface area (Å²) in [5, 5.41) is 7.33. The number of rotatable bonds is 8. The Labute approximate surface area is 162 Å². The van der Waals surface area contributed by atoms with E-state index in [9.17, 15) is 13.2 Å². The zero-order chi connectivity index (χ0) is 20.1. The number of carbonyl (C=O) groups is 1. The Bertz CT molecular complexity index is 1090. The third kappa shape index (κ3) is 4.78. The minimum absolute atomic E-state index is 0.0542. The zero-order valence-electron chi connectivity index (χ0n) is 15.5. The van der Waals surface area contributed by atoms with Crippen LogP contribution in [0.25, 0.3) is 5.82 Å². The normalized spacial score (nSPS) is 11.4. The minimum atomic E-state index is -3.71. The third-order valence-electron chi connectivity index (χ3n) is 3.88. The second-order valence-electron chi connectivity index (χ2n) is 6.07. The largest absolute Gasteiger partial charge is 0.369 e. The molecule has 3 rings (SSSR count). The summed E-state index contributed by atoms with van der Waals surface area (Å²) in [6, 6.07) is 9.52. The molecule has 2 aromatic heterocycles. The maximum Gasteiger partial charge on any atom is 0.240 e. The quantitative estimate of drug-likeness (QED) is 0.435. The van der Waals surface area contributed by atoms with E-state index in [1.54, 1.807) is 29.1 Å². The molecule has 0 atom stereocenters. The van der Waals surface area contributed by atoms with Gasteiger partial charge in [-0.2, -0.15) is 5.10 Å². The predicted octanol–water partition coefficient (Wildman–Crippen LogP) is 1.56. The van der Waals surface area contributed by atoms with Crippen molar-refractivity contribution in [3.05, 3.63) is 60.2 Å². The minimum Gasteiger partial charge on any atom is -0.369 e. The van der Waals surface area contributed by atoms with Crippen LogP contribution in [-0.4, -0.2) is 47.0 Å². The van der Waals surface area contributed by atoms with Gasteiger partial charge in [-0.3, -0.25) is 4.79 Å². The summed E-state index contributed by atoms with van der Waals surface area (Å²) in [6.07, 6.45) is 3.21. The molecule has 10 heteroatoms. The number of anilines is 1. The average molecular weight is 400 g/mol. The van der Waals surface area contributed by atoms with E-state index in [1.165, 1.54) is 25.4 Å². The van der Waals surface area contributed by atoms with Crippen LogP contribution in [0.1, 0.15) is 23.0 Å². The molecule has 0 aliphatic rings. The van der Waals surface area contributed by atoms with Crippen molar-refractivity contribution < 1.29 is 13.2 Å². The van der Waals surface area contributed by atoms with Gasteiger partial charge in [0.15, 0.2) is 11.6 Å².